The number of hydrogen-bond donors (Lipinski definition) is 1. The number of esters is 1. The van der Waals surface area contributed by atoms with E-state index in [0.717, 1.165) is 37.9 Å². The lowest BCUT2D eigenvalue weighted by atomic mass is 9.59. The summed E-state index contributed by atoms with van der Waals surface area (Å²) in [5, 5.41) is 11.8. The average Bonchev–Trinajstić information content (AvgIpc) is 2.95. The van der Waals surface area contributed by atoms with E-state index in [9.17, 15) is 9.90 Å². The molecule has 3 rings (SSSR count). The Bertz CT molecular complexity index is 823. The Labute approximate surface area is 189 Å². The SMILES string of the molecule is COC(=O)C=C[C@H]1CC[C@]2(O)C[C@@H](c3ccc(O[Si](C)(C)C(C)(C)C)cc3)CC[C@]12C. The number of ether oxygens (including phenoxy) is 1. The van der Waals surface area contributed by atoms with Gasteiger partial charge in [-0.25, -0.2) is 4.79 Å². The maximum atomic E-state index is 11.6. The van der Waals surface area contributed by atoms with Gasteiger partial charge in [0, 0.05) is 11.5 Å². The standard InChI is InChI=1S/C26H40O4Si/c1-24(2,3)31(6,7)30-22-11-8-19(9-12-22)20-14-16-25(4)21(10-13-23(27)29-5)15-17-26(25,28)18-20/h8-13,20-21,28H,14-18H2,1-7H3/t20-,21-,25+,26-/m0/s1. The highest BCUT2D eigenvalue weighted by atomic mass is 28.4. The minimum Gasteiger partial charge on any atom is -0.544 e. The largest absolute Gasteiger partial charge is 0.544 e. The van der Waals surface area contributed by atoms with E-state index in [1.807, 2.05) is 6.08 Å². The maximum absolute atomic E-state index is 11.6. The maximum Gasteiger partial charge on any atom is 0.330 e. The molecule has 0 amide bonds. The minimum atomic E-state index is -1.85. The van der Waals surface area contributed by atoms with E-state index >= 15 is 0 Å². The van der Waals surface area contributed by atoms with Crippen molar-refractivity contribution in [3.63, 3.8) is 0 Å². The van der Waals surface area contributed by atoms with E-state index in [4.69, 9.17) is 9.16 Å². The van der Waals surface area contributed by atoms with Crippen LogP contribution in [0.3, 0.4) is 0 Å². The molecule has 1 aromatic rings. The normalized spacial score (nSPS) is 31.5. The smallest absolute Gasteiger partial charge is 0.330 e. The van der Waals surface area contributed by atoms with Crippen LogP contribution in [0.2, 0.25) is 18.1 Å². The molecule has 0 saturated heterocycles. The number of allylic oxidation sites excluding steroid dienone is 1. The van der Waals surface area contributed by atoms with Gasteiger partial charge in [0.2, 0.25) is 8.32 Å². The van der Waals surface area contributed by atoms with Gasteiger partial charge in [0.1, 0.15) is 5.75 Å². The van der Waals surface area contributed by atoms with Gasteiger partial charge in [0.25, 0.3) is 0 Å². The predicted molar refractivity (Wildman–Crippen MR) is 128 cm³/mol. The number of methoxy groups -OCH3 is 1. The molecule has 4 nitrogen and oxygen atoms in total. The Hall–Kier alpha value is -1.59. The summed E-state index contributed by atoms with van der Waals surface area (Å²) >= 11 is 0. The third kappa shape index (κ3) is 4.63. The molecule has 2 aliphatic carbocycles. The van der Waals surface area contributed by atoms with Gasteiger partial charge in [-0.3, -0.25) is 0 Å². The fourth-order valence-electron chi connectivity index (χ4n) is 5.19. The van der Waals surface area contributed by atoms with Crippen molar-refractivity contribution >= 4 is 14.3 Å². The van der Waals surface area contributed by atoms with Crippen LogP contribution in [0.4, 0.5) is 0 Å². The molecule has 2 fully saturated rings. The lowest BCUT2D eigenvalue weighted by Gasteiger charge is -2.49. The molecule has 0 aromatic heterocycles. The van der Waals surface area contributed by atoms with E-state index in [1.54, 1.807) is 0 Å². The van der Waals surface area contributed by atoms with Crippen LogP contribution in [0, 0.1) is 11.3 Å². The lowest BCUT2D eigenvalue weighted by molar-refractivity contribution is -0.135. The molecule has 0 heterocycles. The second kappa shape index (κ2) is 8.40. The van der Waals surface area contributed by atoms with Crippen LogP contribution >= 0.6 is 0 Å². The Morgan fingerprint density at radius 3 is 2.39 bits per heavy atom. The van der Waals surface area contributed by atoms with E-state index in [-0.39, 0.29) is 22.3 Å². The summed E-state index contributed by atoms with van der Waals surface area (Å²) in [5.41, 5.74) is 0.392. The molecule has 5 heteroatoms. The lowest BCUT2D eigenvalue weighted by Crippen LogP contribution is -2.49. The van der Waals surface area contributed by atoms with Gasteiger partial charge in [-0.2, -0.15) is 0 Å². The number of rotatable bonds is 5. The van der Waals surface area contributed by atoms with Crippen LogP contribution in [0.1, 0.15) is 71.3 Å². The van der Waals surface area contributed by atoms with Crippen LogP contribution in [-0.4, -0.2) is 32.1 Å². The molecule has 2 saturated carbocycles. The topological polar surface area (TPSA) is 55.8 Å². The summed E-state index contributed by atoms with van der Waals surface area (Å²) in [6.07, 6.45) is 7.94. The van der Waals surface area contributed by atoms with Gasteiger partial charge in [0.05, 0.1) is 12.7 Å². The number of carbonyl (C=O) groups excluding carboxylic acids is 1. The molecular weight excluding hydrogens is 404 g/mol. The first kappa shape index (κ1) is 24.1. The van der Waals surface area contributed by atoms with Crippen molar-refractivity contribution in [1.29, 1.82) is 0 Å². The van der Waals surface area contributed by atoms with Gasteiger partial charge >= 0.3 is 5.97 Å². The Morgan fingerprint density at radius 2 is 1.81 bits per heavy atom. The number of hydrogen-bond acceptors (Lipinski definition) is 4. The molecule has 172 valence electrons. The minimum absolute atomic E-state index is 0.171. The van der Waals surface area contributed by atoms with Crippen molar-refractivity contribution < 1.29 is 19.1 Å². The van der Waals surface area contributed by atoms with Crippen molar-refractivity contribution in [2.45, 2.75) is 89.5 Å². The highest BCUT2D eigenvalue weighted by Crippen LogP contribution is 2.61. The summed E-state index contributed by atoms with van der Waals surface area (Å²) in [6, 6.07) is 8.57. The fourth-order valence-corrected chi connectivity index (χ4v) is 6.22. The Kier molecular flexibility index (Phi) is 6.52. The van der Waals surface area contributed by atoms with Crippen molar-refractivity contribution in [1.82, 2.24) is 0 Å². The molecule has 2 aliphatic rings. The average molecular weight is 445 g/mol. The van der Waals surface area contributed by atoms with Crippen LogP contribution in [0.25, 0.3) is 0 Å². The summed E-state index contributed by atoms with van der Waals surface area (Å²) in [6.45, 7) is 13.5. The molecule has 0 unspecified atom stereocenters. The molecule has 1 aromatic carbocycles. The Morgan fingerprint density at radius 1 is 1.16 bits per heavy atom. The highest BCUT2D eigenvalue weighted by Gasteiger charge is 2.58. The van der Waals surface area contributed by atoms with Crippen molar-refractivity contribution in [2.75, 3.05) is 7.11 Å². The zero-order chi connectivity index (χ0) is 23.1. The van der Waals surface area contributed by atoms with Crippen molar-refractivity contribution in [3.05, 3.63) is 42.0 Å². The monoisotopic (exact) mass is 444 g/mol. The third-order valence-corrected chi connectivity index (χ3v) is 12.9. The molecule has 4 atom stereocenters. The van der Waals surface area contributed by atoms with E-state index < -0.39 is 13.9 Å². The van der Waals surface area contributed by atoms with Gasteiger partial charge < -0.3 is 14.3 Å². The number of benzene rings is 1. The summed E-state index contributed by atoms with van der Waals surface area (Å²) in [5.74, 6) is 1.18. The van der Waals surface area contributed by atoms with Crippen LogP contribution in [-0.2, 0) is 9.53 Å². The Balaban J connectivity index is 1.71. The first-order chi connectivity index (χ1) is 14.3. The predicted octanol–water partition coefficient (Wildman–Crippen LogP) is 6.21. The second-order valence-electron chi connectivity index (χ2n) is 11.3. The second-order valence-corrected chi connectivity index (χ2v) is 16.1. The molecule has 0 aliphatic heterocycles. The third-order valence-electron chi connectivity index (χ3n) is 8.54. The van der Waals surface area contributed by atoms with Crippen molar-refractivity contribution in [2.24, 2.45) is 11.3 Å². The van der Waals surface area contributed by atoms with E-state index in [1.165, 1.54) is 18.7 Å². The van der Waals surface area contributed by atoms with Gasteiger partial charge in [0.15, 0.2) is 0 Å². The molecule has 1 N–H and O–H groups in total. The van der Waals surface area contributed by atoms with Gasteiger partial charge in [-0.1, -0.05) is 45.9 Å². The summed E-state index contributed by atoms with van der Waals surface area (Å²) in [7, 11) is -0.452. The van der Waals surface area contributed by atoms with Gasteiger partial charge in [-0.05, 0) is 79.8 Å². The van der Waals surface area contributed by atoms with E-state index in [2.05, 4.69) is 65.1 Å². The first-order valence-electron chi connectivity index (χ1n) is 11.6. The first-order valence-corrected chi connectivity index (χ1v) is 14.5. The highest BCUT2D eigenvalue weighted by molar-refractivity contribution is 6.74. The van der Waals surface area contributed by atoms with Crippen LogP contribution < -0.4 is 4.43 Å². The van der Waals surface area contributed by atoms with Crippen molar-refractivity contribution in [3.8, 4) is 5.75 Å². The van der Waals surface area contributed by atoms with Crippen LogP contribution in [0.5, 0.6) is 5.75 Å². The number of aliphatic hydroxyl groups is 1. The zero-order valence-corrected chi connectivity index (χ0v) is 21.3. The molecule has 0 radical (unpaired) electrons. The number of fused-ring (bicyclic) bond motifs is 1. The molecule has 0 bridgehead atoms. The summed E-state index contributed by atoms with van der Waals surface area (Å²) in [4.78, 5) is 11.5. The molecular formula is C26H40O4Si. The number of carbonyl (C=O) groups is 1. The zero-order valence-electron chi connectivity index (χ0n) is 20.3. The summed E-state index contributed by atoms with van der Waals surface area (Å²) < 4.78 is 11.2. The van der Waals surface area contributed by atoms with Gasteiger partial charge in [-0.15, -0.1) is 0 Å². The molecule has 0 spiro atoms. The quantitative estimate of drug-likeness (QED) is 0.333. The van der Waals surface area contributed by atoms with E-state index in [0.29, 0.717) is 5.92 Å². The molecule has 31 heavy (non-hydrogen) atoms. The fraction of sp³-hybridized carbons (Fsp3) is 0.654. The van der Waals surface area contributed by atoms with Crippen LogP contribution in [0.15, 0.2) is 36.4 Å².